The van der Waals surface area contributed by atoms with Crippen molar-refractivity contribution in [3.8, 4) is 5.69 Å². The molecule has 1 N–H and O–H groups in total. The van der Waals surface area contributed by atoms with Crippen molar-refractivity contribution < 1.29 is 17.6 Å². The van der Waals surface area contributed by atoms with Gasteiger partial charge in [-0.1, -0.05) is 44.5 Å². The number of benzene rings is 2. The van der Waals surface area contributed by atoms with Crippen LogP contribution in [0.15, 0.2) is 53.4 Å². The maximum Gasteiger partial charge on any atom is 0.227 e. The highest BCUT2D eigenvalue weighted by atomic mass is 35.5. The summed E-state index contributed by atoms with van der Waals surface area (Å²) >= 11 is 6.15. The zero-order chi connectivity index (χ0) is 24.6. The largest absolute Gasteiger partial charge is 0.350 e. The van der Waals surface area contributed by atoms with Gasteiger partial charge in [0, 0.05) is 16.7 Å². The summed E-state index contributed by atoms with van der Waals surface area (Å²) in [4.78, 5) is 12.4. The first-order valence-corrected chi connectivity index (χ1v) is 12.7. The van der Waals surface area contributed by atoms with E-state index in [4.69, 9.17) is 16.7 Å². The van der Waals surface area contributed by atoms with E-state index in [2.05, 4.69) is 26.1 Å². The van der Waals surface area contributed by atoms with E-state index in [0.717, 1.165) is 29.4 Å². The quantitative estimate of drug-likeness (QED) is 0.537. The lowest BCUT2D eigenvalue weighted by Gasteiger charge is -2.14. The molecule has 1 amide bonds. The average molecular weight is 492 g/mol. The number of aromatic nitrogens is 2. The number of nitrogens with zero attached hydrogens (tertiary/aromatic N) is 2. The van der Waals surface area contributed by atoms with E-state index in [-0.39, 0.29) is 22.8 Å². The molecule has 0 aliphatic heterocycles. The second-order valence-electron chi connectivity index (χ2n) is 9.06. The minimum atomic E-state index is -3.68. The zero-order valence-electron chi connectivity index (χ0n) is 19.2. The molecule has 0 saturated heterocycles. The molecular formula is C24H27ClFN3O3S. The minimum absolute atomic E-state index is 0.197. The lowest BCUT2D eigenvalue weighted by Crippen LogP contribution is -2.28. The first kappa shape index (κ1) is 24.9. The summed E-state index contributed by atoms with van der Waals surface area (Å²) in [6, 6.07) is 12.9. The number of hydrogen-bond donors (Lipinski definition) is 1. The van der Waals surface area contributed by atoms with Crippen molar-refractivity contribution in [2.24, 2.45) is 0 Å². The molecule has 1 aromatic heterocycles. The number of rotatable bonds is 6. The number of halogens is 2. The van der Waals surface area contributed by atoms with Gasteiger partial charge in [-0.05, 0) is 48.9 Å². The van der Waals surface area contributed by atoms with E-state index in [1.165, 1.54) is 12.1 Å². The number of amides is 1. The lowest BCUT2D eigenvalue weighted by atomic mass is 9.92. The van der Waals surface area contributed by atoms with Crippen LogP contribution in [-0.2, 0) is 26.6 Å². The van der Waals surface area contributed by atoms with Crippen LogP contribution in [0.5, 0.6) is 0 Å². The molecule has 0 radical (unpaired) electrons. The number of carbonyl (C=O) groups is 1. The molecule has 0 saturated carbocycles. The Morgan fingerprint density at radius 1 is 1.18 bits per heavy atom. The molecule has 0 fully saturated rings. The second-order valence-corrected chi connectivity index (χ2v) is 11.5. The van der Waals surface area contributed by atoms with Crippen molar-refractivity contribution in [2.45, 2.75) is 50.5 Å². The van der Waals surface area contributed by atoms with Crippen LogP contribution in [0.2, 0.25) is 5.02 Å². The second kappa shape index (κ2) is 9.27. The van der Waals surface area contributed by atoms with E-state index in [9.17, 15) is 17.6 Å². The molecule has 0 spiro atoms. The fourth-order valence-corrected chi connectivity index (χ4v) is 4.23. The van der Waals surface area contributed by atoms with Crippen LogP contribution in [-0.4, -0.2) is 30.4 Å². The van der Waals surface area contributed by atoms with Gasteiger partial charge in [-0.2, -0.15) is 5.10 Å². The van der Waals surface area contributed by atoms with Crippen LogP contribution < -0.4 is 5.32 Å². The third-order valence-corrected chi connectivity index (χ3v) is 6.66. The smallest absolute Gasteiger partial charge is 0.227 e. The molecule has 6 nitrogen and oxygen atoms in total. The van der Waals surface area contributed by atoms with Gasteiger partial charge < -0.3 is 5.32 Å². The Kier molecular flexibility index (Phi) is 7.00. The summed E-state index contributed by atoms with van der Waals surface area (Å²) in [6.45, 7) is 7.99. The number of carbonyl (C=O) groups excluding carboxylic acids is 1. The standard InChI is InChI=1S/C24H27ClFN3O3S/c1-15(16-9-10-21(20(26)11-16)33(5,31)32)23(30)27-14-19-13-22(24(2,3)4)28-29(19)18-8-6-7-17(25)12-18/h6-13,15H,14H2,1-5H3,(H,27,30). The predicted molar refractivity (Wildman–Crippen MR) is 127 cm³/mol. The Morgan fingerprint density at radius 3 is 2.45 bits per heavy atom. The molecule has 0 bridgehead atoms. The van der Waals surface area contributed by atoms with Gasteiger partial charge in [0.05, 0.1) is 29.5 Å². The van der Waals surface area contributed by atoms with Gasteiger partial charge in [-0.15, -0.1) is 0 Å². The fraction of sp³-hybridized carbons (Fsp3) is 0.333. The molecule has 176 valence electrons. The van der Waals surface area contributed by atoms with Gasteiger partial charge in [0.25, 0.3) is 0 Å². The molecule has 3 rings (SSSR count). The maximum atomic E-state index is 14.3. The van der Waals surface area contributed by atoms with Gasteiger partial charge in [-0.3, -0.25) is 4.79 Å². The molecule has 0 aliphatic rings. The van der Waals surface area contributed by atoms with Crippen molar-refractivity contribution in [1.82, 2.24) is 15.1 Å². The Hall–Kier alpha value is -2.71. The Balaban J connectivity index is 1.83. The number of sulfone groups is 1. The van der Waals surface area contributed by atoms with Crippen LogP contribution in [0.3, 0.4) is 0 Å². The van der Waals surface area contributed by atoms with Crippen molar-refractivity contribution in [1.29, 1.82) is 0 Å². The lowest BCUT2D eigenvalue weighted by molar-refractivity contribution is -0.122. The number of hydrogen-bond acceptors (Lipinski definition) is 4. The molecule has 1 heterocycles. The Bertz CT molecular complexity index is 1300. The van der Waals surface area contributed by atoms with Gasteiger partial charge >= 0.3 is 0 Å². The molecule has 0 aliphatic carbocycles. The average Bonchev–Trinajstić information content (AvgIpc) is 3.15. The van der Waals surface area contributed by atoms with E-state index in [0.29, 0.717) is 10.6 Å². The van der Waals surface area contributed by atoms with Crippen molar-refractivity contribution >= 4 is 27.3 Å². The Labute approximate surface area is 198 Å². The third kappa shape index (κ3) is 5.81. The topological polar surface area (TPSA) is 81.1 Å². The first-order valence-electron chi connectivity index (χ1n) is 10.4. The summed E-state index contributed by atoms with van der Waals surface area (Å²) < 4.78 is 39.3. The van der Waals surface area contributed by atoms with Gasteiger partial charge in [0.15, 0.2) is 9.84 Å². The molecule has 1 atom stereocenters. The van der Waals surface area contributed by atoms with E-state index < -0.39 is 21.6 Å². The third-order valence-electron chi connectivity index (χ3n) is 5.30. The molecule has 1 unspecified atom stereocenters. The highest BCUT2D eigenvalue weighted by Crippen LogP contribution is 2.25. The molecule has 2 aromatic carbocycles. The molecule has 9 heteroatoms. The van der Waals surface area contributed by atoms with Crippen LogP contribution >= 0.6 is 11.6 Å². The van der Waals surface area contributed by atoms with Crippen LogP contribution in [0.4, 0.5) is 4.39 Å². The van der Waals surface area contributed by atoms with Crippen molar-refractivity contribution in [3.63, 3.8) is 0 Å². The SMILES string of the molecule is CC(C(=O)NCc1cc(C(C)(C)C)nn1-c1cccc(Cl)c1)c1ccc(S(C)(=O)=O)c(F)c1. The Morgan fingerprint density at radius 2 is 1.88 bits per heavy atom. The highest BCUT2D eigenvalue weighted by Gasteiger charge is 2.23. The van der Waals surface area contributed by atoms with Crippen LogP contribution in [0.1, 0.15) is 50.6 Å². The highest BCUT2D eigenvalue weighted by molar-refractivity contribution is 7.90. The number of nitrogens with one attached hydrogen (secondary N) is 1. The van der Waals surface area contributed by atoms with Gasteiger partial charge in [0.2, 0.25) is 5.91 Å². The zero-order valence-corrected chi connectivity index (χ0v) is 20.8. The normalized spacial score (nSPS) is 13.1. The summed E-state index contributed by atoms with van der Waals surface area (Å²) in [5.74, 6) is -1.88. The van der Waals surface area contributed by atoms with Gasteiger partial charge in [0.1, 0.15) is 10.7 Å². The fourth-order valence-electron chi connectivity index (χ4n) is 3.31. The summed E-state index contributed by atoms with van der Waals surface area (Å²) in [6.07, 6.45) is 0.941. The van der Waals surface area contributed by atoms with Crippen molar-refractivity contribution in [2.75, 3.05) is 6.26 Å². The van der Waals surface area contributed by atoms with E-state index in [1.54, 1.807) is 23.7 Å². The van der Waals surface area contributed by atoms with Gasteiger partial charge in [-0.25, -0.2) is 17.5 Å². The molecule has 3 aromatic rings. The van der Waals surface area contributed by atoms with E-state index in [1.807, 2.05) is 18.2 Å². The molecule has 33 heavy (non-hydrogen) atoms. The summed E-state index contributed by atoms with van der Waals surface area (Å²) in [5, 5.41) is 8.17. The predicted octanol–water partition coefficient (Wildman–Crippen LogP) is 4.79. The van der Waals surface area contributed by atoms with E-state index >= 15 is 0 Å². The minimum Gasteiger partial charge on any atom is -0.350 e. The van der Waals surface area contributed by atoms with Crippen LogP contribution in [0, 0.1) is 5.82 Å². The maximum absolute atomic E-state index is 14.3. The first-order chi connectivity index (χ1) is 15.3. The monoisotopic (exact) mass is 491 g/mol. The molecular weight excluding hydrogens is 465 g/mol. The van der Waals surface area contributed by atoms with Crippen LogP contribution in [0.25, 0.3) is 5.69 Å². The van der Waals surface area contributed by atoms with Crippen molar-refractivity contribution in [3.05, 3.63) is 76.3 Å². The summed E-state index contributed by atoms with van der Waals surface area (Å²) in [7, 11) is -3.68. The summed E-state index contributed by atoms with van der Waals surface area (Å²) in [5.41, 5.74) is 2.58.